The van der Waals surface area contributed by atoms with E-state index in [4.69, 9.17) is 29.4 Å². The molecule has 1 atom stereocenters. The number of rotatable bonds is 10. The number of esters is 3. The zero-order valence-corrected chi connectivity index (χ0v) is 18.2. The molecule has 0 amide bonds. The van der Waals surface area contributed by atoms with E-state index in [1.807, 2.05) is 0 Å². The van der Waals surface area contributed by atoms with Gasteiger partial charge in [0.15, 0.2) is 0 Å². The van der Waals surface area contributed by atoms with Gasteiger partial charge in [0.1, 0.15) is 11.6 Å². The van der Waals surface area contributed by atoms with Gasteiger partial charge in [-0.2, -0.15) is 0 Å². The summed E-state index contributed by atoms with van der Waals surface area (Å²) in [6.07, 6.45) is 0.491. The fraction of sp³-hybridized carbons (Fsp3) is 0.850. The maximum atomic E-state index is 12.8. The molecule has 1 rings (SSSR count). The van der Waals surface area contributed by atoms with Crippen LogP contribution in [0.3, 0.4) is 0 Å². The summed E-state index contributed by atoms with van der Waals surface area (Å²) in [7, 11) is 0. The second-order valence-corrected chi connectivity index (χ2v) is 7.88. The van der Waals surface area contributed by atoms with Crippen LogP contribution < -0.4 is 5.73 Å². The summed E-state index contributed by atoms with van der Waals surface area (Å²) in [6.45, 7) is 9.51. The first-order valence-corrected chi connectivity index (χ1v) is 10.1. The van der Waals surface area contributed by atoms with E-state index in [9.17, 15) is 14.4 Å². The van der Waals surface area contributed by atoms with Crippen LogP contribution in [0.2, 0.25) is 0 Å². The van der Waals surface area contributed by atoms with Crippen molar-refractivity contribution < 1.29 is 38.1 Å². The van der Waals surface area contributed by atoms with Crippen molar-refractivity contribution in [1.29, 1.82) is 0 Å². The molecule has 9 nitrogen and oxygen atoms in total. The molecule has 0 radical (unpaired) electrons. The Morgan fingerprint density at radius 1 is 1.03 bits per heavy atom. The van der Waals surface area contributed by atoms with Crippen molar-refractivity contribution in [3.8, 4) is 0 Å². The molecule has 0 aliphatic carbocycles. The summed E-state index contributed by atoms with van der Waals surface area (Å²) in [4.78, 5) is 37.9. The van der Waals surface area contributed by atoms with Gasteiger partial charge in [-0.1, -0.05) is 0 Å². The maximum Gasteiger partial charge on any atom is 0.350 e. The highest BCUT2D eigenvalue weighted by Gasteiger charge is 2.52. The quantitative estimate of drug-likeness (QED) is 0.320. The van der Waals surface area contributed by atoms with Gasteiger partial charge in [0.2, 0.25) is 0 Å². The highest BCUT2D eigenvalue weighted by Crippen LogP contribution is 2.29. The largest absolute Gasteiger partial charge is 0.463 e. The van der Waals surface area contributed by atoms with E-state index >= 15 is 0 Å². The average Bonchev–Trinajstić information content (AvgIpc) is 2.64. The Balaban J connectivity index is 3.06. The molecule has 0 saturated carbocycles. The van der Waals surface area contributed by atoms with Crippen LogP contribution in [0.15, 0.2) is 0 Å². The number of carbonyl (C=O) groups is 3. The molecule has 1 aliphatic rings. The van der Waals surface area contributed by atoms with Crippen LogP contribution in [-0.4, -0.2) is 67.7 Å². The zero-order valence-electron chi connectivity index (χ0n) is 18.2. The molecule has 0 aromatic rings. The zero-order chi connectivity index (χ0) is 22.1. The Bertz CT molecular complexity index is 533. The van der Waals surface area contributed by atoms with E-state index in [0.29, 0.717) is 26.1 Å². The second-order valence-electron chi connectivity index (χ2n) is 7.88. The Kier molecular flexibility index (Phi) is 10.0. The maximum absolute atomic E-state index is 12.8. The van der Waals surface area contributed by atoms with Gasteiger partial charge in [-0.3, -0.25) is 4.79 Å². The molecule has 1 fully saturated rings. The van der Waals surface area contributed by atoms with E-state index in [0.717, 1.165) is 0 Å². The summed E-state index contributed by atoms with van der Waals surface area (Å²) >= 11 is 0. The van der Waals surface area contributed by atoms with Crippen LogP contribution in [0.5, 0.6) is 0 Å². The third-order valence-electron chi connectivity index (χ3n) is 4.26. The van der Waals surface area contributed by atoms with Gasteiger partial charge in [0.25, 0.3) is 5.60 Å². The Labute approximate surface area is 172 Å². The summed E-state index contributed by atoms with van der Waals surface area (Å²) in [5, 5.41) is 0. The van der Waals surface area contributed by atoms with Crippen molar-refractivity contribution in [3.63, 3.8) is 0 Å². The molecule has 29 heavy (non-hydrogen) atoms. The molecule has 9 heteroatoms. The van der Waals surface area contributed by atoms with E-state index < -0.39 is 35.2 Å². The van der Waals surface area contributed by atoms with Crippen molar-refractivity contribution >= 4 is 17.9 Å². The number of nitrogens with two attached hydrogens (primary N) is 1. The minimum atomic E-state index is -1.99. The third kappa shape index (κ3) is 7.91. The standard InChI is InChI=1S/C20H35NO8/c1-6-26-17(23)20(18(24)27-7-2,28-14-9-12-25-13-10-14)11-8-15(21)16(22)29-19(3,4)5/h14-15H,6-13,21H2,1-5H3. The van der Waals surface area contributed by atoms with Crippen molar-refractivity contribution in [2.45, 2.75) is 83.6 Å². The van der Waals surface area contributed by atoms with E-state index in [1.54, 1.807) is 34.6 Å². The third-order valence-corrected chi connectivity index (χ3v) is 4.26. The van der Waals surface area contributed by atoms with Crippen molar-refractivity contribution in [2.75, 3.05) is 26.4 Å². The topological polar surface area (TPSA) is 123 Å². The van der Waals surface area contributed by atoms with Gasteiger partial charge in [0, 0.05) is 19.6 Å². The lowest BCUT2D eigenvalue weighted by Crippen LogP contribution is -2.54. The molecular weight excluding hydrogens is 382 g/mol. The van der Waals surface area contributed by atoms with Crippen LogP contribution >= 0.6 is 0 Å². The van der Waals surface area contributed by atoms with Gasteiger partial charge >= 0.3 is 17.9 Å². The molecule has 2 N–H and O–H groups in total. The van der Waals surface area contributed by atoms with Crippen molar-refractivity contribution in [2.24, 2.45) is 5.73 Å². The van der Waals surface area contributed by atoms with Crippen LogP contribution in [-0.2, 0) is 38.1 Å². The minimum Gasteiger partial charge on any atom is -0.463 e. The lowest BCUT2D eigenvalue weighted by Gasteiger charge is -2.35. The fourth-order valence-corrected chi connectivity index (χ4v) is 2.87. The Morgan fingerprint density at radius 3 is 2.00 bits per heavy atom. The van der Waals surface area contributed by atoms with Gasteiger partial charge in [-0.25, -0.2) is 9.59 Å². The molecule has 168 valence electrons. The fourth-order valence-electron chi connectivity index (χ4n) is 2.87. The molecule has 0 aromatic heterocycles. The first kappa shape index (κ1) is 25.3. The number of hydrogen-bond donors (Lipinski definition) is 1. The molecule has 1 unspecified atom stereocenters. The predicted octanol–water partition coefficient (Wildman–Crippen LogP) is 1.50. The van der Waals surface area contributed by atoms with Crippen LogP contribution in [0.25, 0.3) is 0 Å². The summed E-state index contributed by atoms with van der Waals surface area (Å²) in [5.74, 6) is -2.31. The SMILES string of the molecule is CCOC(=O)C(CCC(N)C(=O)OC(C)(C)C)(OC1CCOCC1)C(=O)OCC. The molecule has 1 aliphatic heterocycles. The number of ether oxygens (including phenoxy) is 5. The van der Waals surface area contributed by atoms with Crippen LogP contribution in [0, 0.1) is 0 Å². The monoisotopic (exact) mass is 417 g/mol. The van der Waals surface area contributed by atoms with Gasteiger partial charge in [0.05, 0.1) is 19.3 Å². The molecule has 0 bridgehead atoms. The average molecular weight is 417 g/mol. The molecular formula is C20H35NO8. The van der Waals surface area contributed by atoms with E-state index in [2.05, 4.69) is 0 Å². The van der Waals surface area contributed by atoms with Gasteiger partial charge in [-0.15, -0.1) is 0 Å². The van der Waals surface area contributed by atoms with Gasteiger partial charge < -0.3 is 29.4 Å². The molecule has 0 spiro atoms. The van der Waals surface area contributed by atoms with E-state index in [-0.39, 0.29) is 32.2 Å². The predicted molar refractivity (Wildman–Crippen MR) is 104 cm³/mol. The number of hydrogen-bond acceptors (Lipinski definition) is 9. The molecule has 1 saturated heterocycles. The first-order chi connectivity index (χ1) is 13.6. The molecule has 0 aromatic carbocycles. The van der Waals surface area contributed by atoms with Crippen molar-refractivity contribution in [3.05, 3.63) is 0 Å². The number of carbonyl (C=O) groups excluding carboxylic acids is 3. The highest BCUT2D eigenvalue weighted by molar-refractivity contribution is 6.03. The molecule has 1 heterocycles. The normalized spacial score (nSPS) is 16.8. The smallest absolute Gasteiger partial charge is 0.350 e. The summed E-state index contributed by atoms with van der Waals surface area (Å²) in [6, 6.07) is -1.03. The van der Waals surface area contributed by atoms with Crippen molar-refractivity contribution in [1.82, 2.24) is 0 Å². The first-order valence-electron chi connectivity index (χ1n) is 10.1. The lowest BCUT2D eigenvalue weighted by molar-refractivity contribution is -0.204. The highest BCUT2D eigenvalue weighted by atomic mass is 16.6. The lowest BCUT2D eigenvalue weighted by atomic mass is 9.93. The summed E-state index contributed by atoms with van der Waals surface area (Å²) in [5.41, 5.74) is 3.26. The second kappa shape index (κ2) is 11.5. The van der Waals surface area contributed by atoms with Crippen LogP contribution in [0.4, 0.5) is 0 Å². The Hall–Kier alpha value is -1.71. The van der Waals surface area contributed by atoms with Crippen LogP contribution in [0.1, 0.15) is 60.3 Å². The minimum absolute atomic E-state index is 0.0181. The summed E-state index contributed by atoms with van der Waals surface area (Å²) < 4.78 is 26.9. The Morgan fingerprint density at radius 2 is 1.55 bits per heavy atom. The van der Waals surface area contributed by atoms with Gasteiger partial charge in [-0.05, 0) is 53.9 Å². The van der Waals surface area contributed by atoms with E-state index in [1.165, 1.54) is 0 Å².